The van der Waals surface area contributed by atoms with E-state index in [1.807, 2.05) is 12.4 Å². The van der Waals surface area contributed by atoms with Gasteiger partial charge in [0.05, 0.1) is 5.69 Å². The molecule has 0 radical (unpaired) electrons. The summed E-state index contributed by atoms with van der Waals surface area (Å²) < 4.78 is 0. The number of hydrogen-bond donors (Lipinski definition) is 1. The van der Waals surface area contributed by atoms with E-state index < -0.39 is 0 Å². The summed E-state index contributed by atoms with van der Waals surface area (Å²) in [7, 11) is 0. The van der Waals surface area contributed by atoms with Crippen LogP contribution in [0.25, 0.3) is 0 Å². The molecule has 2 heterocycles. The number of aromatic nitrogens is 2. The number of aryl methyl sites for hydroxylation is 1. The molecule has 0 amide bonds. The zero-order chi connectivity index (χ0) is 12.4. The summed E-state index contributed by atoms with van der Waals surface area (Å²) in [5.74, 6) is 0.413. The first-order valence-corrected chi connectivity index (χ1v) is 6.53. The van der Waals surface area contributed by atoms with Crippen LogP contribution < -0.4 is 5.73 Å². The fourth-order valence-corrected chi connectivity index (χ4v) is 2.88. The van der Waals surface area contributed by atoms with Crippen molar-refractivity contribution < 1.29 is 0 Å². The van der Waals surface area contributed by atoms with Crippen LogP contribution in [0.15, 0.2) is 18.5 Å². The van der Waals surface area contributed by atoms with Gasteiger partial charge in [-0.1, -0.05) is 19.9 Å². The molecule has 0 aliphatic carbocycles. The molecule has 2 rings (SSSR count). The standard InChI is InChI=1S/C13H17N3S/c1-8(2)12-11(17-13(14)16-12)5-10-4-9(3)6-15-7-10/h4,6-8H,5H2,1-3H3,(H2,14,16). The maximum atomic E-state index is 5.79. The third-order valence-electron chi connectivity index (χ3n) is 2.59. The van der Waals surface area contributed by atoms with E-state index in [-0.39, 0.29) is 0 Å². The van der Waals surface area contributed by atoms with E-state index in [1.165, 1.54) is 16.0 Å². The lowest BCUT2D eigenvalue weighted by atomic mass is 10.1. The minimum absolute atomic E-state index is 0.413. The average molecular weight is 247 g/mol. The van der Waals surface area contributed by atoms with Gasteiger partial charge in [0, 0.05) is 23.7 Å². The minimum atomic E-state index is 0.413. The molecule has 0 unspecified atom stereocenters. The van der Waals surface area contributed by atoms with Crippen molar-refractivity contribution in [3.8, 4) is 0 Å². The Hall–Kier alpha value is -1.42. The van der Waals surface area contributed by atoms with E-state index in [2.05, 4.69) is 36.8 Å². The Labute approximate surface area is 106 Å². The molecule has 0 bridgehead atoms. The molecule has 0 saturated heterocycles. The first-order valence-electron chi connectivity index (χ1n) is 5.72. The number of nitrogens with two attached hydrogens (primary N) is 1. The molecule has 0 fully saturated rings. The Bertz CT molecular complexity index is 517. The van der Waals surface area contributed by atoms with Gasteiger partial charge in [-0.2, -0.15) is 0 Å². The number of anilines is 1. The molecule has 0 aliphatic rings. The van der Waals surface area contributed by atoms with E-state index in [9.17, 15) is 0 Å². The molecule has 2 aromatic heterocycles. The molecule has 17 heavy (non-hydrogen) atoms. The number of pyridine rings is 1. The molecule has 0 aromatic carbocycles. The zero-order valence-corrected chi connectivity index (χ0v) is 11.2. The highest BCUT2D eigenvalue weighted by molar-refractivity contribution is 7.15. The molecule has 2 N–H and O–H groups in total. The summed E-state index contributed by atoms with van der Waals surface area (Å²) in [6.45, 7) is 6.35. The molecular weight excluding hydrogens is 230 g/mol. The van der Waals surface area contributed by atoms with Crippen LogP contribution in [0.5, 0.6) is 0 Å². The third kappa shape index (κ3) is 2.82. The molecule has 0 atom stereocenters. The zero-order valence-electron chi connectivity index (χ0n) is 10.4. The fourth-order valence-electron chi connectivity index (χ4n) is 1.86. The third-order valence-corrected chi connectivity index (χ3v) is 3.49. The quantitative estimate of drug-likeness (QED) is 0.906. The van der Waals surface area contributed by atoms with Gasteiger partial charge in [0.25, 0.3) is 0 Å². The first kappa shape index (κ1) is 12.0. The number of rotatable bonds is 3. The van der Waals surface area contributed by atoms with Crippen molar-refractivity contribution in [2.45, 2.75) is 33.1 Å². The van der Waals surface area contributed by atoms with Crippen molar-refractivity contribution >= 4 is 16.5 Å². The molecule has 4 heteroatoms. The van der Waals surface area contributed by atoms with E-state index in [1.54, 1.807) is 11.3 Å². The molecule has 0 spiro atoms. The predicted octanol–water partition coefficient (Wildman–Crippen LogP) is 3.14. The number of nitrogens with zero attached hydrogens (tertiary/aromatic N) is 2. The predicted molar refractivity (Wildman–Crippen MR) is 72.4 cm³/mol. The highest BCUT2D eigenvalue weighted by Gasteiger charge is 2.13. The van der Waals surface area contributed by atoms with Crippen LogP contribution in [0.4, 0.5) is 5.13 Å². The van der Waals surface area contributed by atoms with Crippen LogP contribution >= 0.6 is 11.3 Å². The van der Waals surface area contributed by atoms with Gasteiger partial charge >= 0.3 is 0 Å². The van der Waals surface area contributed by atoms with Crippen LogP contribution in [-0.4, -0.2) is 9.97 Å². The Morgan fingerprint density at radius 2 is 2.12 bits per heavy atom. The van der Waals surface area contributed by atoms with E-state index >= 15 is 0 Å². The topological polar surface area (TPSA) is 51.8 Å². The molecule has 0 aliphatic heterocycles. The number of nitrogen functional groups attached to an aromatic ring is 1. The van der Waals surface area contributed by atoms with Crippen molar-refractivity contribution in [1.82, 2.24) is 9.97 Å². The Balaban J connectivity index is 2.29. The van der Waals surface area contributed by atoms with Gasteiger partial charge in [0.1, 0.15) is 0 Å². The van der Waals surface area contributed by atoms with Crippen LogP contribution in [-0.2, 0) is 6.42 Å². The average Bonchev–Trinajstić information content (AvgIpc) is 2.59. The highest BCUT2D eigenvalue weighted by Crippen LogP contribution is 2.28. The smallest absolute Gasteiger partial charge is 0.180 e. The van der Waals surface area contributed by atoms with Crippen molar-refractivity contribution in [1.29, 1.82) is 0 Å². The lowest BCUT2D eigenvalue weighted by molar-refractivity contribution is 0.820. The Kier molecular flexibility index (Phi) is 3.43. The van der Waals surface area contributed by atoms with E-state index in [0.717, 1.165) is 12.1 Å². The number of hydrogen-bond acceptors (Lipinski definition) is 4. The lowest BCUT2D eigenvalue weighted by Crippen LogP contribution is -1.96. The summed E-state index contributed by atoms with van der Waals surface area (Å²) in [6, 6.07) is 2.16. The van der Waals surface area contributed by atoms with E-state index in [4.69, 9.17) is 5.73 Å². The van der Waals surface area contributed by atoms with Gasteiger partial charge in [-0.15, -0.1) is 11.3 Å². The van der Waals surface area contributed by atoms with Gasteiger partial charge in [0.2, 0.25) is 0 Å². The summed E-state index contributed by atoms with van der Waals surface area (Å²) in [5, 5.41) is 0.657. The largest absolute Gasteiger partial charge is 0.375 e. The highest BCUT2D eigenvalue weighted by atomic mass is 32.1. The molecular formula is C13H17N3S. The van der Waals surface area contributed by atoms with Crippen molar-refractivity contribution in [3.05, 3.63) is 40.2 Å². The van der Waals surface area contributed by atoms with Crippen LogP contribution in [0.2, 0.25) is 0 Å². The van der Waals surface area contributed by atoms with Gasteiger partial charge in [-0.25, -0.2) is 4.98 Å². The molecule has 2 aromatic rings. The lowest BCUT2D eigenvalue weighted by Gasteiger charge is -2.05. The molecule has 3 nitrogen and oxygen atoms in total. The first-order chi connectivity index (χ1) is 8.06. The second-order valence-electron chi connectivity index (χ2n) is 4.56. The number of thiazole rings is 1. The second-order valence-corrected chi connectivity index (χ2v) is 5.68. The van der Waals surface area contributed by atoms with Gasteiger partial charge in [-0.3, -0.25) is 4.98 Å². The van der Waals surface area contributed by atoms with Gasteiger partial charge in [0.15, 0.2) is 5.13 Å². The fraction of sp³-hybridized carbons (Fsp3) is 0.385. The second kappa shape index (κ2) is 4.84. The van der Waals surface area contributed by atoms with Crippen LogP contribution in [0.3, 0.4) is 0 Å². The summed E-state index contributed by atoms with van der Waals surface area (Å²) in [5.41, 5.74) is 9.32. The van der Waals surface area contributed by atoms with E-state index in [0.29, 0.717) is 11.0 Å². The van der Waals surface area contributed by atoms with Crippen LogP contribution in [0, 0.1) is 6.92 Å². The van der Waals surface area contributed by atoms with Crippen LogP contribution in [0.1, 0.15) is 41.5 Å². The summed E-state index contributed by atoms with van der Waals surface area (Å²) >= 11 is 1.58. The van der Waals surface area contributed by atoms with Crippen molar-refractivity contribution in [3.63, 3.8) is 0 Å². The van der Waals surface area contributed by atoms with Gasteiger partial charge in [-0.05, 0) is 24.0 Å². The van der Waals surface area contributed by atoms with Crippen molar-refractivity contribution in [2.24, 2.45) is 0 Å². The maximum absolute atomic E-state index is 5.79. The molecule has 0 saturated carbocycles. The monoisotopic (exact) mass is 247 g/mol. The SMILES string of the molecule is Cc1cncc(Cc2sc(N)nc2C(C)C)c1. The summed E-state index contributed by atoms with van der Waals surface area (Å²) in [4.78, 5) is 9.87. The van der Waals surface area contributed by atoms with Crippen molar-refractivity contribution in [2.75, 3.05) is 5.73 Å². The molecule has 90 valence electrons. The van der Waals surface area contributed by atoms with Gasteiger partial charge < -0.3 is 5.73 Å². The Morgan fingerprint density at radius 1 is 1.35 bits per heavy atom. The maximum Gasteiger partial charge on any atom is 0.180 e. The Morgan fingerprint density at radius 3 is 2.76 bits per heavy atom. The minimum Gasteiger partial charge on any atom is -0.375 e. The normalized spacial score (nSPS) is 11.1. The summed E-state index contributed by atoms with van der Waals surface area (Å²) in [6.07, 6.45) is 4.65.